The van der Waals surface area contributed by atoms with Crippen LogP contribution in [-0.2, 0) is 11.2 Å². The molecule has 0 saturated carbocycles. The van der Waals surface area contributed by atoms with Crippen molar-refractivity contribution in [3.63, 3.8) is 0 Å². The van der Waals surface area contributed by atoms with E-state index in [2.05, 4.69) is 5.32 Å². The van der Waals surface area contributed by atoms with Crippen LogP contribution in [0.1, 0.15) is 5.56 Å². The average Bonchev–Trinajstić information content (AvgIpc) is 2.87. The second kappa shape index (κ2) is 5.48. The molecule has 0 saturated heterocycles. The molecule has 98 valence electrons. The lowest BCUT2D eigenvalue weighted by atomic mass is 10.1. The fourth-order valence-electron chi connectivity index (χ4n) is 1.89. The van der Waals surface area contributed by atoms with Crippen molar-refractivity contribution >= 4 is 6.41 Å². The first-order valence-corrected chi connectivity index (χ1v) is 5.52. The van der Waals surface area contributed by atoms with Gasteiger partial charge in [0.15, 0.2) is 11.5 Å². The Labute approximate surface area is 105 Å². The standard InChI is InChI=1S/C12H15NO5/c1-15-9-5-8(3-4-13-6-14)10(16-2)12-11(9)17-7-18-12/h5-6H,3-4,7H2,1-2H3,(H,13,14). The maximum atomic E-state index is 10.2. The summed E-state index contributed by atoms with van der Waals surface area (Å²) in [5.74, 6) is 2.33. The second-order valence-electron chi connectivity index (χ2n) is 3.66. The maximum Gasteiger partial charge on any atom is 0.231 e. The first-order valence-electron chi connectivity index (χ1n) is 5.52. The molecule has 6 heteroatoms. The highest BCUT2D eigenvalue weighted by atomic mass is 16.7. The summed E-state index contributed by atoms with van der Waals surface area (Å²) in [6, 6.07) is 1.83. The number of carbonyl (C=O) groups is 1. The molecule has 0 atom stereocenters. The molecule has 0 bridgehead atoms. The van der Waals surface area contributed by atoms with Crippen molar-refractivity contribution < 1.29 is 23.7 Å². The van der Waals surface area contributed by atoms with Crippen LogP contribution >= 0.6 is 0 Å². The zero-order valence-electron chi connectivity index (χ0n) is 10.3. The largest absolute Gasteiger partial charge is 0.493 e. The van der Waals surface area contributed by atoms with Gasteiger partial charge in [-0.05, 0) is 12.5 Å². The van der Waals surface area contributed by atoms with Gasteiger partial charge in [-0.3, -0.25) is 4.79 Å². The molecule has 0 aromatic heterocycles. The van der Waals surface area contributed by atoms with E-state index in [1.165, 1.54) is 0 Å². The summed E-state index contributed by atoms with van der Waals surface area (Å²) in [5, 5.41) is 2.60. The molecule has 1 heterocycles. The Balaban J connectivity index is 2.35. The normalized spacial score (nSPS) is 12.1. The van der Waals surface area contributed by atoms with Gasteiger partial charge in [0.25, 0.3) is 0 Å². The Morgan fingerprint density at radius 2 is 2.11 bits per heavy atom. The smallest absolute Gasteiger partial charge is 0.231 e. The molecule has 18 heavy (non-hydrogen) atoms. The zero-order valence-corrected chi connectivity index (χ0v) is 10.3. The second-order valence-corrected chi connectivity index (χ2v) is 3.66. The lowest BCUT2D eigenvalue weighted by Gasteiger charge is -2.13. The van der Waals surface area contributed by atoms with Crippen LogP contribution in [0.15, 0.2) is 6.07 Å². The van der Waals surface area contributed by atoms with Gasteiger partial charge in [-0.1, -0.05) is 0 Å². The molecule has 0 fully saturated rings. The summed E-state index contributed by atoms with van der Waals surface area (Å²) in [6.45, 7) is 0.667. The quantitative estimate of drug-likeness (QED) is 0.597. The number of hydrogen-bond donors (Lipinski definition) is 1. The van der Waals surface area contributed by atoms with Crippen LogP contribution in [0.25, 0.3) is 0 Å². The van der Waals surface area contributed by atoms with Crippen molar-refractivity contribution in [1.29, 1.82) is 0 Å². The molecule has 1 aromatic rings. The van der Waals surface area contributed by atoms with Gasteiger partial charge < -0.3 is 24.3 Å². The Morgan fingerprint density at radius 1 is 1.33 bits per heavy atom. The molecule has 1 amide bonds. The van der Waals surface area contributed by atoms with Crippen LogP contribution in [0.5, 0.6) is 23.0 Å². The van der Waals surface area contributed by atoms with E-state index in [0.717, 1.165) is 5.56 Å². The third-order valence-corrected chi connectivity index (χ3v) is 2.69. The first-order chi connectivity index (χ1) is 8.81. The fraction of sp³-hybridized carbons (Fsp3) is 0.417. The van der Waals surface area contributed by atoms with Gasteiger partial charge >= 0.3 is 0 Å². The van der Waals surface area contributed by atoms with Gasteiger partial charge in [0, 0.05) is 12.1 Å². The molecule has 0 radical (unpaired) electrons. The van der Waals surface area contributed by atoms with Crippen LogP contribution in [0.4, 0.5) is 0 Å². The third kappa shape index (κ3) is 2.13. The minimum Gasteiger partial charge on any atom is -0.493 e. The Kier molecular flexibility index (Phi) is 3.76. The average molecular weight is 253 g/mol. The van der Waals surface area contributed by atoms with Crippen LogP contribution in [0, 0.1) is 0 Å². The van der Waals surface area contributed by atoms with Crippen molar-refractivity contribution in [2.45, 2.75) is 6.42 Å². The first kappa shape index (κ1) is 12.3. The van der Waals surface area contributed by atoms with E-state index in [1.54, 1.807) is 14.2 Å². The number of nitrogens with one attached hydrogen (secondary N) is 1. The predicted molar refractivity (Wildman–Crippen MR) is 63.4 cm³/mol. The minimum absolute atomic E-state index is 0.151. The van der Waals surface area contributed by atoms with E-state index in [1.807, 2.05) is 6.07 Å². The molecule has 1 N–H and O–H groups in total. The van der Waals surface area contributed by atoms with E-state index >= 15 is 0 Å². The molecular weight excluding hydrogens is 238 g/mol. The van der Waals surface area contributed by atoms with Gasteiger partial charge in [-0.2, -0.15) is 0 Å². The summed E-state index contributed by atoms with van der Waals surface area (Å²) in [4.78, 5) is 10.2. The summed E-state index contributed by atoms with van der Waals surface area (Å²) in [5.41, 5.74) is 0.896. The molecule has 1 aromatic carbocycles. The van der Waals surface area contributed by atoms with Gasteiger partial charge in [-0.25, -0.2) is 0 Å². The van der Waals surface area contributed by atoms with E-state index in [0.29, 0.717) is 42.4 Å². The van der Waals surface area contributed by atoms with E-state index in [4.69, 9.17) is 18.9 Å². The van der Waals surface area contributed by atoms with Crippen LogP contribution in [-0.4, -0.2) is 34.0 Å². The summed E-state index contributed by atoms with van der Waals surface area (Å²) < 4.78 is 21.3. The maximum absolute atomic E-state index is 10.2. The highest BCUT2D eigenvalue weighted by Crippen LogP contribution is 2.49. The van der Waals surface area contributed by atoms with Crippen LogP contribution in [0.2, 0.25) is 0 Å². The fourth-order valence-corrected chi connectivity index (χ4v) is 1.89. The van der Waals surface area contributed by atoms with E-state index in [-0.39, 0.29) is 6.79 Å². The number of amides is 1. The highest BCUT2D eigenvalue weighted by Gasteiger charge is 2.26. The van der Waals surface area contributed by atoms with Crippen molar-refractivity contribution in [1.82, 2.24) is 5.32 Å². The Morgan fingerprint density at radius 3 is 2.78 bits per heavy atom. The van der Waals surface area contributed by atoms with Gasteiger partial charge in [0.1, 0.15) is 0 Å². The highest BCUT2D eigenvalue weighted by molar-refractivity contribution is 5.64. The van der Waals surface area contributed by atoms with Crippen LogP contribution in [0.3, 0.4) is 0 Å². The topological polar surface area (TPSA) is 66.0 Å². The molecule has 0 aliphatic carbocycles. The van der Waals surface area contributed by atoms with Gasteiger partial charge in [0.2, 0.25) is 24.7 Å². The molecule has 6 nitrogen and oxygen atoms in total. The Hall–Kier alpha value is -2.11. The van der Waals surface area contributed by atoms with Crippen molar-refractivity contribution in [2.24, 2.45) is 0 Å². The van der Waals surface area contributed by atoms with Crippen LogP contribution < -0.4 is 24.3 Å². The number of carbonyl (C=O) groups excluding carboxylic acids is 1. The number of benzene rings is 1. The zero-order chi connectivity index (χ0) is 13.0. The number of rotatable bonds is 6. The number of hydrogen-bond acceptors (Lipinski definition) is 5. The van der Waals surface area contributed by atoms with Gasteiger partial charge in [-0.15, -0.1) is 0 Å². The minimum atomic E-state index is 0.151. The number of ether oxygens (including phenoxy) is 4. The lowest BCUT2D eigenvalue weighted by molar-refractivity contribution is -0.109. The SMILES string of the molecule is COc1cc(CCNC=O)c(OC)c2c1OCO2. The van der Waals surface area contributed by atoms with E-state index < -0.39 is 0 Å². The molecular formula is C12H15NO5. The monoisotopic (exact) mass is 253 g/mol. The van der Waals surface area contributed by atoms with Crippen molar-refractivity contribution in [3.8, 4) is 23.0 Å². The number of fused-ring (bicyclic) bond motifs is 1. The van der Waals surface area contributed by atoms with Crippen molar-refractivity contribution in [2.75, 3.05) is 27.6 Å². The summed E-state index contributed by atoms with van der Waals surface area (Å²) in [7, 11) is 3.14. The number of methoxy groups -OCH3 is 2. The third-order valence-electron chi connectivity index (χ3n) is 2.69. The summed E-state index contributed by atoms with van der Waals surface area (Å²) >= 11 is 0. The van der Waals surface area contributed by atoms with Gasteiger partial charge in [0.05, 0.1) is 14.2 Å². The molecule has 0 spiro atoms. The molecule has 1 aliphatic rings. The van der Waals surface area contributed by atoms with Crippen molar-refractivity contribution in [3.05, 3.63) is 11.6 Å². The molecule has 2 rings (SSSR count). The molecule has 1 aliphatic heterocycles. The predicted octanol–water partition coefficient (Wildman–Crippen LogP) is 0.721. The lowest BCUT2D eigenvalue weighted by Crippen LogP contribution is -2.14. The Bertz CT molecular complexity index is 447. The summed E-state index contributed by atoms with van der Waals surface area (Å²) in [6.07, 6.45) is 1.28. The molecule has 0 unspecified atom stereocenters. The van der Waals surface area contributed by atoms with E-state index in [9.17, 15) is 4.79 Å².